The van der Waals surface area contributed by atoms with Gasteiger partial charge in [0.15, 0.2) is 0 Å². The van der Waals surface area contributed by atoms with Crippen molar-refractivity contribution in [2.75, 3.05) is 20.3 Å². The molecule has 112 valence electrons. The molecule has 0 heterocycles. The summed E-state index contributed by atoms with van der Waals surface area (Å²) in [6.45, 7) is 0.729. The topological polar surface area (TPSA) is 71.3 Å². The largest absolute Gasteiger partial charge is 0.490 e. The van der Waals surface area contributed by atoms with Crippen molar-refractivity contribution >= 4 is 5.91 Å². The molecule has 2 aromatic carbocycles. The molecule has 0 atom stereocenters. The first kappa shape index (κ1) is 15.4. The molecule has 2 aromatic rings. The molecule has 2 rings (SSSR count). The van der Waals surface area contributed by atoms with Gasteiger partial charge >= 0.3 is 0 Å². The number of carbonyl (C=O) groups is 1. The third-order valence-corrected chi connectivity index (χ3v) is 2.93. The van der Waals surface area contributed by atoms with Crippen LogP contribution in [0.4, 0.5) is 0 Å². The summed E-state index contributed by atoms with van der Waals surface area (Å²) in [6.07, 6.45) is 0. The van der Waals surface area contributed by atoms with Crippen molar-refractivity contribution in [2.45, 2.75) is 0 Å². The Labute approximate surface area is 129 Å². The van der Waals surface area contributed by atoms with Gasteiger partial charge in [0.1, 0.15) is 24.7 Å². The highest BCUT2D eigenvalue weighted by atomic mass is 16.5. The monoisotopic (exact) mass is 296 g/mol. The SMILES string of the molecule is CNC(=O)c1cccc(OCCOc2ccc(C#N)cc2)c1. The second-order valence-corrected chi connectivity index (χ2v) is 4.44. The van der Waals surface area contributed by atoms with Crippen LogP contribution in [0.3, 0.4) is 0 Å². The van der Waals surface area contributed by atoms with Crippen LogP contribution < -0.4 is 14.8 Å². The van der Waals surface area contributed by atoms with E-state index in [1.807, 2.05) is 6.07 Å². The average Bonchev–Trinajstić information content (AvgIpc) is 2.59. The summed E-state index contributed by atoms with van der Waals surface area (Å²) in [7, 11) is 1.58. The minimum absolute atomic E-state index is 0.153. The molecule has 0 unspecified atom stereocenters. The minimum Gasteiger partial charge on any atom is -0.490 e. The first-order valence-corrected chi connectivity index (χ1v) is 6.81. The van der Waals surface area contributed by atoms with Gasteiger partial charge in [0.05, 0.1) is 11.6 Å². The standard InChI is InChI=1S/C17H16N2O3/c1-19-17(20)14-3-2-4-16(11-14)22-10-9-21-15-7-5-13(12-18)6-8-15/h2-8,11H,9-10H2,1H3,(H,19,20). The molecule has 0 saturated carbocycles. The van der Waals surface area contributed by atoms with Crippen molar-refractivity contribution < 1.29 is 14.3 Å². The van der Waals surface area contributed by atoms with E-state index in [4.69, 9.17) is 14.7 Å². The van der Waals surface area contributed by atoms with E-state index < -0.39 is 0 Å². The van der Waals surface area contributed by atoms with Crippen molar-refractivity contribution in [1.29, 1.82) is 5.26 Å². The molecular weight excluding hydrogens is 280 g/mol. The van der Waals surface area contributed by atoms with E-state index in [1.54, 1.807) is 55.6 Å². The van der Waals surface area contributed by atoms with E-state index >= 15 is 0 Å². The molecule has 0 bridgehead atoms. The molecule has 0 spiro atoms. The number of ether oxygens (including phenoxy) is 2. The summed E-state index contributed by atoms with van der Waals surface area (Å²) < 4.78 is 11.1. The zero-order chi connectivity index (χ0) is 15.8. The van der Waals surface area contributed by atoms with Crippen LogP contribution in [0.25, 0.3) is 0 Å². The summed E-state index contributed by atoms with van der Waals surface area (Å²) in [5.41, 5.74) is 1.14. The van der Waals surface area contributed by atoms with Crippen LogP contribution in [0, 0.1) is 11.3 Å². The third-order valence-electron chi connectivity index (χ3n) is 2.93. The van der Waals surface area contributed by atoms with Gasteiger partial charge < -0.3 is 14.8 Å². The van der Waals surface area contributed by atoms with E-state index in [-0.39, 0.29) is 5.91 Å². The lowest BCUT2D eigenvalue weighted by atomic mass is 10.2. The van der Waals surface area contributed by atoms with Gasteiger partial charge in [-0.1, -0.05) is 6.07 Å². The van der Waals surface area contributed by atoms with Crippen LogP contribution >= 0.6 is 0 Å². The smallest absolute Gasteiger partial charge is 0.251 e. The molecule has 0 saturated heterocycles. The summed E-state index contributed by atoms with van der Waals surface area (Å²) in [4.78, 5) is 11.5. The van der Waals surface area contributed by atoms with E-state index in [0.717, 1.165) is 0 Å². The summed E-state index contributed by atoms with van der Waals surface area (Å²) >= 11 is 0. The second kappa shape index (κ2) is 7.70. The predicted octanol–water partition coefficient (Wildman–Crippen LogP) is 2.38. The average molecular weight is 296 g/mol. The number of carbonyl (C=O) groups excluding carboxylic acids is 1. The Morgan fingerprint density at radius 1 is 1.09 bits per heavy atom. The van der Waals surface area contributed by atoms with Crippen molar-refractivity contribution in [3.8, 4) is 17.6 Å². The predicted molar refractivity (Wildman–Crippen MR) is 82.0 cm³/mol. The molecule has 1 N–H and O–H groups in total. The zero-order valence-corrected chi connectivity index (χ0v) is 12.2. The fraction of sp³-hybridized carbons (Fsp3) is 0.176. The Kier molecular flexibility index (Phi) is 5.38. The van der Waals surface area contributed by atoms with Crippen LogP contribution in [0.1, 0.15) is 15.9 Å². The van der Waals surface area contributed by atoms with Gasteiger partial charge in [-0.3, -0.25) is 4.79 Å². The van der Waals surface area contributed by atoms with Crippen LogP contribution in [-0.2, 0) is 0 Å². The molecule has 0 aliphatic heterocycles. The van der Waals surface area contributed by atoms with Gasteiger partial charge in [-0.25, -0.2) is 0 Å². The molecule has 5 nitrogen and oxygen atoms in total. The lowest BCUT2D eigenvalue weighted by molar-refractivity contribution is 0.0962. The summed E-state index contributed by atoms with van der Waals surface area (Å²) in [5.74, 6) is 1.14. The van der Waals surface area contributed by atoms with E-state index in [9.17, 15) is 4.79 Å². The number of benzene rings is 2. The van der Waals surface area contributed by atoms with Crippen LogP contribution in [0.15, 0.2) is 48.5 Å². The highest BCUT2D eigenvalue weighted by Crippen LogP contribution is 2.14. The summed E-state index contributed by atoms with van der Waals surface area (Å²) in [6, 6.07) is 15.9. The number of nitriles is 1. The molecular formula is C17H16N2O3. The Morgan fingerprint density at radius 3 is 2.41 bits per heavy atom. The van der Waals surface area contributed by atoms with E-state index in [1.165, 1.54) is 0 Å². The molecule has 0 aromatic heterocycles. The number of rotatable bonds is 6. The van der Waals surface area contributed by atoms with Crippen molar-refractivity contribution in [3.63, 3.8) is 0 Å². The maximum Gasteiger partial charge on any atom is 0.251 e. The first-order chi connectivity index (χ1) is 10.7. The number of hydrogen-bond acceptors (Lipinski definition) is 4. The number of amides is 1. The van der Waals surface area contributed by atoms with Gasteiger partial charge in [-0.15, -0.1) is 0 Å². The van der Waals surface area contributed by atoms with Gasteiger partial charge in [0, 0.05) is 12.6 Å². The Morgan fingerprint density at radius 2 is 1.77 bits per heavy atom. The van der Waals surface area contributed by atoms with Crippen molar-refractivity contribution in [1.82, 2.24) is 5.32 Å². The fourth-order valence-electron chi connectivity index (χ4n) is 1.82. The third kappa shape index (κ3) is 4.25. The molecule has 0 radical (unpaired) electrons. The van der Waals surface area contributed by atoms with E-state index in [0.29, 0.717) is 35.8 Å². The lowest BCUT2D eigenvalue weighted by Crippen LogP contribution is -2.17. The molecule has 0 aliphatic carbocycles. The van der Waals surface area contributed by atoms with Crippen LogP contribution in [0.2, 0.25) is 0 Å². The molecule has 1 amide bonds. The fourth-order valence-corrected chi connectivity index (χ4v) is 1.82. The van der Waals surface area contributed by atoms with Crippen molar-refractivity contribution in [2.24, 2.45) is 0 Å². The lowest BCUT2D eigenvalue weighted by Gasteiger charge is -2.09. The number of hydrogen-bond donors (Lipinski definition) is 1. The molecule has 22 heavy (non-hydrogen) atoms. The van der Waals surface area contributed by atoms with Gasteiger partial charge in [0.25, 0.3) is 5.91 Å². The summed E-state index contributed by atoms with van der Waals surface area (Å²) in [5, 5.41) is 11.3. The second-order valence-electron chi connectivity index (χ2n) is 4.44. The van der Waals surface area contributed by atoms with Crippen LogP contribution in [0.5, 0.6) is 11.5 Å². The highest BCUT2D eigenvalue weighted by Gasteiger charge is 2.04. The normalized spacial score (nSPS) is 9.64. The maximum absolute atomic E-state index is 11.5. The van der Waals surface area contributed by atoms with Gasteiger partial charge in [0.2, 0.25) is 0 Å². The number of nitrogens with one attached hydrogen (secondary N) is 1. The zero-order valence-electron chi connectivity index (χ0n) is 12.2. The Balaban J connectivity index is 1.81. The number of nitrogens with zero attached hydrogens (tertiary/aromatic N) is 1. The Hall–Kier alpha value is -3.00. The maximum atomic E-state index is 11.5. The van der Waals surface area contributed by atoms with Gasteiger partial charge in [-0.05, 0) is 42.5 Å². The quantitative estimate of drug-likeness (QED) is 0.831. The van der Waals surface area contributed by atoms with Crippen LogP contribution in [-0.4, -0.2) is 26.2 Å². The highest BCUT2D eigenvalue weighted by molar-refractivity contribution is 5.94. The molecule has 0 aliphatic rings. The van der Waals surface area contributed by atoms with Crippen molar-refractivity contribution in [3.05, 3.63) is 59.7 Å². The molecule has 5 heteroatoms. The first-order valence-electron chi connectivity index (χ1n) is 6.81. The molecule has 0 fully saturated rings. The van der Waals surface area contributed by atoms with Gasteiger partial charge in [-0.2, -0.15) is 5.26 Å². The Bertz CT molecular complexity index is 675. The van der Waals surface area contributed by atoms with E-state index in [2.05, 4.69) is 5.32 Å². The minimum atomic E-state index is -0.153.